The summed E-state index contributed by atoms with van der Waals surface area (Å²) in [6.45, 7) is 3.58. The van der Waals surface area contributed by atoms with Gasteiger partial charge in [-0.15, -0.1) is 0 Å². The molecule has 0 fully saturated rings. The molecule has 0 aromatic heterocycles. The van der Waals surface area contributed by atoms with Gasteiger partial charge in [-0.2, -0.15) is 11.8 Å². The lowest BCUT2D eigenvalue weighted by Crippen LogP contribution is -2.23. The number of rotatable bonds is 6. The standard InChI is InChI=1S/C9H17NO3S/c1-6(8(10)11)4-14-5-7(2)9(12)13-3/h6-7H,4-5H2,1-3H3,(H2,10,11). The maximum atomic E-state index is 11.0. The third kappa shape index (κ3) is 5.11. The molecule has 4 nitrogen and oxygen atoms in total. The summed E-state index contributed by atoms with van der Waals surface area (Å²) in [5.41, 5.74) is 5.09. The first-order valence-electron chi connectivity index (χ1n) is 4.44. The van der Waals surface area contributed by atoms with Crippen molar-refractivity contribution in [2.75, 3.05) is 18.6 Å². The molecule has 0 saturated heterocycles. The molecule has 0 heterocycles. The van der Waals surface area contributed by atoms with Crippen LogP contribution in [0.5, 0.6) is 0 Å². The molecule has 0 aromatic rings. The van der Waals surface area contributed by atoms with Crippen molar-refractivity contribution < 1.29 is 14.3 Å². The van der Waals surface area contributed by atoms with Crippen LogP contribution in [0.3, 0.4) is 0 Å². The van der Waals surface area contributed by atoms with Crippen molar-refractivity contribution in [3.05, 3.63) is 0 Å². The Kier molecular flexibility index (Phi) is 6.36. The van der Waals surface area contributed by atoms with E-state index in [1.54, 1.807) is 13.8 Å². The molecule has 0 radical (unpaired) electrons. The number of hydrogen-bond donors (Lipinski definition) is 1. The van der Waals surface area contributed by atoms with Gasteiger partial charge in [-0.3, -0.25) is 9.59 Å². The smallest absolute Gasteiger partial charge is 0.309 e. The second-order valence-corrected chi connectivity index (χ2v) is 4.34. The predicted octanol–water partition coefficient (Wildman–Crippen LogP) is 0.650. The first-order valence-corrected chi connectivity index (χ1v) is 5.59. The van der Waals surface area contributed by atoms with E-state index in [0.29, 0.717) is 11.5 Å². The van der Waals surface area contributed by atoms with Gasteiger partial charge in [0.25, 0.3) is 0 Å². The first-order chi connectivity index (χ1) is 6.49. The maximum absolute atomic E-state index is 11.0. The number of esters is 1. The number of carbonyl (C=O) groups excluding carboxylic acids is 2. The van der Waals surface area contributed by atoms with E-state index in [9.17, 15) is 9.59 Å². The molecule has 2 N–H and O–H groups in total. The summed E-state index contributed by atoms with van der Waals surface area (Å²) in [5.74, 6) is 0.503. The fourth-order valence-corrected chi connectivity index (χ4v) is 1.92. The summed E-state index contributed by atoms with van der Waals surface area (Å²) in [6, 6.07) is 0. The van der Waals surface area contributed by atoms with Crippen molar-refractivity contribution in [3.63, 3.8) is 0 Å². The van der Waals surface area contributed by atoms with Crippen LogP contribution in [0, 0.1) is 11.8 Å². The van der Waals surface area contributed by atoms with Crippen LogP contribution >= 0.6 is 11.8 Å². The second kappa shape index (κ2) is 6.70. The van der Waals surface area contributed by atoms with Gasteiger partial charge >= 0.3 is 5.97 Å². The van der Waals surface area contributed by atoms with Crippen molar-refractivity contribution in [1.29, 1.82) is 0 Å². The molecule has 5 heteroatoms. The summed E-state index contributed by atoms with van der Waals surface area (Å²) in [7, 11) is 1.37. The summed E-state index contributed by atoms with van der Waals surface area (Å²) < 4.78 is 4.57. The lowest BCUT2D eigenvalue weighted by molar-refractivity contribution is -0.144. The third-order valence-corrected chi connectivity index (χ3v) is 3.30. The average Bonchev–Trinajstić information content (AvgIpc) is 2.15. The van der Waals surface area contributed by atoms with Crippen molar-refractivity contribution in [1.82, 2.24) is 0 Å². The van der Waals surface area contributed by atoms with Crippen LogP contribution in [-0.4, -0.2) is 30.5 Å². The summed E-state index contributed by atoms with van der Waals surface area (Å²) in [5, 5.41) is 0. The molecular formula is C9H17NO3S. The lowest BCUT2D eigenvalue weighted by atomic mass is 10.2. The quantitative estimate of drug-likeness (QED) is 0.666. The van der Waals surface area contributed by atoms with Gasteiger partial charge in [0, 0.05) is 17.4 Å². The summed E-state index contributed by atoms with van der Waals surface area (Å²) >= 11 is 1.54. The van der Waals surface area contributed by atoms with E-state index in [2.05, 4.69) is 4.74 Å². The van der Waals surface area contributed by atoms with E-state index < -0.39 is 0 Å². The number of nitrogens with two attached hydrogens (primary N) is 1. The third-order valence-electron chi connectivity index (χ3n) is 1.82. The molecule has 0 spiro atoms. The van der Waals surface area contributed by atoms with Gasteiger partial charge < -0.3 is 10.5 Å². The Balaban J connectivity index is 3.64. The van der Waals surface area contributed by atoms with Crippen LogP contribution < -0.4 is 5.73 Å². The highest BCUT2D eigenvalue weighted by molar-refractivity contribution is 7.99. The molecule has 0 aliphatic carbocycles. The number of methoxy groups -OCH3 is 1. The molecule has 0 aliphatic heterocycles. The van der Waals surface area contributed by atoms with Crippen LogP contribution in [0.15, 0.2) is 0 Å². The van der Waals surface area contributed by atoms with Crippen LogP contribution in [0.2, 0.25) is 0 Å². The SMILES string of the molecule is COC(=O)C(C)CSCC(C)C(N)=O. The molecule has 0 bridgehead atoms. The van der Waals surface area contributed by atoms with E-state index in [1.165, 1.54) is 18.9 Å². The number of hydrogen-bond acceptors (Lipinski definition) is 4. The van der Waals surface area contributed by atoms with Crippen molar-refractivity contribution >= 4 is 23.6 Å². The Bertz CT molecular complexity index is 208. The second-order valence-electron chi connectivity index (χ2n) is 3.27. The Labute approximate surface area is 88.6 Å². The zero-order valence-electron chi connectivity index (χ0n) is 8.78. The largest absolute Gasteiger partial charge is 0.469 e. The van der Waals surface area contributed by atoms with E-state index >= 15 is 0 Å². The number of thioether (sulfide) groups is 1. The molecule has 0 aliphatic rings. The minimum Gasteiger partial charge on any atom is -0.469 e. The van der Waals surface area contributed by atoms with E-state index in [1.807, 2.05) is 0 Å². The van der Waals surface area contributed by atoms with Crippen LogP contribution in [-0.2, 0) is 14.3 Å². The van der Waals surface area contributed by atoms with Gasteiger partial charge in [-0.1, -0.05) is 13.8 Å². The van der Waals surface area contributed by atoms with Gasteiger partial charge in [0.1, 0.15) is 0 Å². The Morgan fingerprint density at radius 2 is 1.79 bits per heavy atom. The molecule has 0 rings (SSSR count). The molecule has 1 amide bonds. The molecule has 2 atom stereocenters. The Hall–Kier alpha value is -0.710. The predicted molar refractivity (Wildman–Crippen MR) is 56.9 cm³/mol. The van der Waals surface area contributed by atoms with Gasteiger partial charge in [0.2, 0.25) is 5.91 Å². The van der Waals surface area contributed by atoms with Crippen LogP contribution in [0.1, 0.15) is 13.8 Å². The first kappa shape index (κ1) is 13.3. The molecule has 2 unspecified atom stereocenters. The average molecular weight is 219 g/mol. The minimum absolute atomic E-state index is 0.134. The van der Waals surface area contributed by atoms with Crippen molar-refractivity contribution in [2.45, 2.75) is 13.8 Å². The van der Waals surface area contributed by atoms with Crippen LogP contribution in [0.25, 0.3) is 0 Å². The van der Waals surface area contributed by atoms with E-state index in [-0.39, 0.29) is 23.7 Å². The molecule has 0 saturated carbocycles. The highest BCUT2D eigenvalue weighted by atomic mass is 32.2. The topological polar surface area (TPSA) is 69.4 Å². The van der Waals surface area contributed by atoms with Crippen LogP contribution in [0.4, 0.5) is 0 Å². The molecule has 0 aromatic carbocycles. The van der Waals surface area contributed by atoms with Gasteiger partial charge in [-0.05, 0) is 0 Å². The highest BCUT2D eigenvalue weighted by Gasteiger charge is 2.14. The number of amides is 1. The number of carbonyl (C=O) groups is 2. The summed E-state index contributed by atoms with van der Waals surface area (Å²) in [4.78, 5) is 21.7. The lowest BCUT2D eigenvalue weighted by Gasteiger charge is -2.10. The fourth-order valence-electron chi connectivity index (χ4n) is 0.773. The Morgan fingerprint density at radius 3 is 2.21 bits per heavy atom. The molecular weight excluding hydrogens is 202 g/mol. The zero-order valence-corrected chi connectivity index (χ0v) is 9.60. The Morgan fingerprint density at radius 1 is 1.29 bits per heavy atom. The van der Waals surface area contributed by atoms with Gasteiger partial charge in [-0.25, -0.2) is 0 Å². The van der Waals surface area contributed by atoms with E-state index in [4.69, 9.17) is 5.73 Å². The normalized spacial score (nSPS) is 14.5. The number of primary amides is 1. The van der Waals surface area contributed by atoms with E-state index in [0.717, 1.165) is 0 Å². The molecule has 14 heavy (non-hydrogen) atoms. The number of ether oxygens (including phenoxy) is 1. The van der Waals surface area contributed by atoms with Crippen molar-refractivity contribution in [3.8, 4) is 0 Å². The van der Waals surface area contributed by atoms with Crippen molar-refractivity contribution in [2.24, 2.45) is 17.6 Å². The monoisotopic (exact) mass is 219 g/mol. The molecule has 82 valence electrons. The fraction of sp³-hybridized carbons (Fsp3) is 0.778. The maximum Gasteiger partial charge on any atom is 0.309 e. The summed E-state index contributed by atoms with van der Waals surface area (Å²) in [6.07, 6.45) is 0. The van der Waals surface area contributed by atoms with Gasteiger partial charge in [0.15, 0.2) is 0 Å². The zero-order chi connectivity index (χ0) is 11.1. The van der Waals surface area contributed by atoms with Gasteiger partial charge in [0.05, 0.1) is 13.0 Å². The highest BCUT2D eigenvalue weighted by Crippen LogP contribution is 2.13. The minimum atomic E-state index is -0.303.